The predicted octanol–water partition coefficient (Wildman–Crippen LogP) is 3.35. The zero-order chi connectivity index (χ0) is 16.0. The maximum atomic E-state index is 13.2. The molecule has 0 aliphatic rings. The van der Waals surface area contributed by atoms with Crippen molar-refractivity contribution in [1.82, 2.24) is 4.90 Å². The minimum absolute atomic E-state index is 0.353. The SMILES string of the molecule is CN(CCCCCCl)C(=O)c1cc(F)c(F)cc1[N+](=O)[O-]. The summed E-state index contributed by atoms with van der Waals surface area (Å²) in [6, 6.07) is 0.981. The van der Waals surface area contributed by atoms with Gasteiger partial charge in [0, 0.05) is 19.5 Å². The van der Waals surface area contributed by atoms with E-state index in [1.165, 1.54) is 11.9 Å². The Labute approximate surface area is 125 Å². The second kappa shape index (κ2) is 7.87. The van der Waals surface area contributed by atoms with Gasteiger partial charge in [0.15, 0.2) is 11.6 Å². The summed E-state index contributed by atoms with van der Waals surface area (Å²) in [6.07, 6.45) is 2.28. The van der Waals surface area contributed by atoms with E-state index in [9.17, 15) is 23.7 Å². The normalized spacial score (nSPS) is 10.5. The Bertz CT molecular complexity index is 540. The van der Waals surface area contributed by atoms with Gasteiger partial charge in [0.25, 0.3) is 11.6 Å². The van der Waals surface area contributed by atoms with Crippen LogP contribution in [-0.4, -0.2) is 35.2 Å². The molecule has 0 saturated heterocycles. The maximum Gasteiger partial charge on any atom is 0.285 e. The molecule has 21 heavy (non-hydrogen) atoms. The van der Waals surface area contributed by atoms with Crippen LogP contribution >= 0.6 is 11.6 Å². The summed E-state index contributed by atoms with van der Waals surface area (Å²) >= 11 is 5.53. The maximum absolute atomic E-state index is 13.2. The van der Waals surface area contributed by atoms with E-state index < -0.39 is 33.7 Å². The number of rotatable bonds is 7. The molecular formula is C13H15ClF2N2O3. The number of halogens is 3. The van der Waals surface area contributed by atoms with Crippen LogP contribution in [0, 0.1) is 21.7 Å². The number of alkyl halides is 1. The van der Waals surface area contributed by atoms with E-state index in [1.807, 2.05) is 0 Å². The number of benzene rings is 1. The molecule has 0 aliphatic heterocycles. The molecule has 0 N–H and O–H groups in total. The molecule has 0 aromatic heterocycles. The van der Waals surface area contributed by atoms with Crippen LogP contribution in [0.5, 0.6) is 0 Å². The first-order valence-electron chi connectivity index (χ1n) is 6.33. The fourth-order valence-corrected chi connectivity index (χ4v) is 1.98. The van der Waals surface area contributed by atoms with Crippen LogP contribution < -0.4 is 0 Å². The molecular weight excluding hydrogens is 306 g/mol. The lowest BCUT2D eigenvalue weighted by Gasteiger charge is -2.17. The van der Waals surface area contributed by atoms with Crippen LogP contribution in [0.1, 0.15) is 29.6 Å². The second-order valence-corrected chi connectivity index (χ2v) is 4.89. The van der Waals surface area contributed by atoms with Gasteiger partial charge in [-0.05, 0) is 18.9 Å². The van der Waals surface area contributed by atoms with Gasteiger partial charge in [-0.3, -0.25) is 14.9 Å². The first kappa shape index (κ1) is 17.3. The number of unbranched alkanes of at least 4 members (excludes halogenated alkanes) is 2. The molecule has 0 bridgehead atoms. The number of amides is 1. The lowest BCUT2D eigenvalue weighted by atomic mass is 10.1. The molecule has 116 valence electrons. The van der Waals surface area contributed by atoms with Crippen LogP contribution in [0.4, 0.5) is 14.5 Å². The number of hydrogen-bond acceptors (Lipinski definition) is 3. The van der Waals surface area contributed by atoms with E-state index in [-0.39, 0.29) is 0 Å². The van der Waals surface area contributed by atoms with Crippen molar-refractivity contribution < 1.29 is 18.5 Å². The van der Waals surface area contributed by atoms with Gasteiger partial charge in [0.05, 0.1) is 11.0 Å². The molecule has 0 unspecified atom stereocenters. The highest BCUT2D eigenvalue weighted by atomic mass is 35.5. The van der Waals surface area contributed by atoms with Gasteiger partial charge in [0.2, 0.25) is 0 Å². The van der Waals surface area contributed by atoms with Crippen molar-refractivity contribution in [3.63, 3.8) is 0 Å². The lowest BCUT2D eigenvalue weighted by molar-refractivity contribution is -0.385. The quantitative estimate of drug-likeness (QED) is 0.335. The fourth-order valence-electron chi connectivity index (χ4n) is 1.79. The zero-order valence-corrected chi connectivity index (χ0v) is 12.2. The van der Waals surface area contributed by atoms with Gasteiger partial charge in [-0.2, -0.15) is 0 Å². The third-order valence-electron chi connectivity index (χ3n) is 2.94. The monoisotopic (exact) mass is 320 g/mol. The third-order valence-corrected chi connectivity index (χ3v) is 3.21. The van der Waals surface area contributed by atoms with Crippen molar-refractivity contribution in [2.75, 3.05) is 19.5 Å². The van der Waals surface area contributed by atoms with Crippen molar-refractivity contribution in [3.05, 3.63) is 39.4 Å². The summed E-state index contributed by atoms with van der Waals surface area (Å²) in [5, 5.41) is 10.8. The number of nitro benzene ring substituents is 1. The van der Waals surface area contributed by atoms with Gasteiger partial charge in [-0.15, -0.1) is 11.6 Å². The van der Waals surface area contributed by atoms with Crippen molar-refractivity contribution >= 4 is 23.2 Å². The van der Waals surface area contributed by atoms with Gasteiger partial charge in [-0.1, -0.05) is 6.42 Å². The van der Waals surface area contributed by atoms with Crippen molar-refractivity contribution in [1.29, 1.82) is 0 Å². The molecule has 1 aromatic carbocycles. The van der Waals surface area contributed by atoms with Crippen LogP contribution in [0.2, 0.25) is 0 Å². The van der Waals surface area contributed by atoms with Gasteiger partial charge in [-0.25, -0.2) is 8.78 Å². The molecule has 1 aromatic rings. The first-order valence-corrected chi connectivity index (χ1v) is 6.86. The van der Waals surface area contributed by atoms with Gasteiger partial charge >= 0.3 is 0 Å². The molecule has 0 aliphatic carbocycles. The number of hydrogen-bond donors (Lipinski definition) is 0. The largest absolute Gasteiger partial charge is 0.341 e. The predicted molar refractivity (Wildman–Crippen MR) is 74.5 cm³/mol. The minimum atomic E-state index is -1.36. The van der Waals surface area contributed by atoms with Crippen LogP contribution in [0.25, 0.3) is 0 Å². The van der Waals surface area contributed by atoms with Crippen molar-refractivity contribution in [3.8, 4) is 0 Å². The van der Waals surface area contributed by atoms with Crippen molar-refractivity contribution in [2.24, 2.45) is 0 Å². The molecule has 0 spiro atoms. The molecule has 0 heterocycles. The van der Waals surface area contributed by atoms with Crippen molar-refractivity contribution in [2.45, 2.75) is 19.3 Å². The Balaban J connectivity index is 2.90. The van der Waals surface area contributed by atoms with Gasteiger partial charge in [0.1, 0.15) is 5.56 Å². The summed E-state index contributed by atoms with van der Waals surface area (Å²) in [5.74, 6) is -2.85. The Morgan fingerprint density at radius 1 is 1.29 bits per heavy atom. The molecule has 8 heteroatoms. The topological polar surface area (TPSA) is 63.5 Å². The van der Waals surface area contributed by atoms with E-state index in [0.29, 0.717) is 31.0 Å². The first-order chi connectivity index (χ1) is 9.88. The average molecular weight is 321 g/mol. The minimum Gasteiger partial charge on any atom is -0.341 e. The molecule has 0 radical (unpaired) electrons. The fraction of sp³-hybridized carbons (Fsp3) is 0.462. The van der Waals surface area contributed by atoms with Crippen LogP contribution in [-0.2, 0) is 0 Å². The summed E-state index contributed by atoms with van der Waals surface area (Å²) in [4.78, 5) is 23.3. The molecule has 0 saturated carbocycles. The Kier molecular flexibility index (Phi) is 6.48. The molecule has 5 nitrogen and oxygen atoms in total. The number of nitrogens with zero attached hydrogens (tertiary/aromatic N) is 2. The lowest BCUT2D eigenvalue weighted by Crippen LogP contribution is -2.28. The zero-order valence-electron chi connectivity index (χ0n) is 11.4. The second-order valence-electron chi connectivity index (χ2n) is 4.52. The van der Waals surface area contributed by atoms with E-state index in [0.717, 1.165) is 12.8 Å². The smallest absolute Gasteiger partial charge is 0.285 e. The van der Waals surface area contributed by atoms with E-state index in [2.05, 4.69) is 0 Å². The Hall–Kier alpha value is -1.76. The number of nitro groups is 1. The van der Waals surface area contributed by atoms with Gasteiger partial charge < -0.3 is 4.90 Å². The van der Waals surface area contributed by atoms with E-state index in [1.54, 1.807) is 0 Å². The molecule has 0 fully saturated rings. The molecule has 1 rings (SSSR count). The highest BCUT2D eigenvalue weighted by Crippen LogP contribution is 2.23. The average Bonchev–Trinajstić information content (AvgIpc) is 2.44. The van der Waals surface area contributed by atoms with Crippen LogP contribution in [0.3, 0.4) is 0 Å². The molecule has 1 amide bonds. The summed E-state index contributed by atoms with van der Waals surface area (Å²) in [6.45, 7) is 0.353. The van der Waals surface area contributed by atoms with E-state index in [4.69, 9.17) is 11.6 Å². The highest BCUT2D eigenvalue weighted by molar-refractivity contribution is 6.17. The summed E-state index contributed by atoms with van der Waals surface area (Å²) in [7, 11) is 1.45. The third kappa shape index (κ3) is 4.63. The molecule has 0 atom stereocenters. The Morgan fingerprint density at radius 3 is 2.48 bits per heavy atom. The standard InChI is InChI=1S/C13H15ClF2N2O3/c1-17(6-4-2-3-5-14)13(19)9-7-10(15)11(16)8-12(9)18(20)21/h7-8H,2-6H2,1H3. The summed E-state index contributed by atoms with van der Waals surface area (Å²) < 4.78 is 26.3. The number of carbonyl (C=O) groups is 1. The summed E-state index contributed by atoms with van der Waals surface area (Å²) in [5.41, 5.74) is -1.20. The van der Waals surface area contributed by atoms with E-state index >= 15 is 0 Å². The van der Waals surface area contributed by atoms with Crippen LogP contribution in [0.15, 0.2) is 12.1 Å². The highest BCUT2D eigenvalue weighted by Gasteiger charge is 2.25. The number of carbonyl (C=O) groups excluding carboxylic acids is 1. The Morgan fingerprint density at radius 2 is 1.90 bits per heavy atom.